The molecule has 1 amide bonds. The van der Waals surface area contributed by atoms with Crippen LogP contribution in [0.2, 0.25) is 0 Å². The molecular weight excluding hydrogens is 374 g/mol. The van der Waals surface area contributed by atoms with Gasteiger partial charge in [0, 0.05) is 38.5 Å². The number of fused-ring (bicyclic) bond motifs is 1. The maximum atomic E-state index is 12.7. The maximum Gasteiger partial charge on any atom is 0.416 e. The summed E-state index contributed by atoms with van der Waals surface area (Å²) in [6.45, 7) is 3.64. The van der Waals surface area contributed by atoms with Crippen molar-refractivity contribution in [2.24, 2.45) is 0 Å². The Labute approximate surface area is 157 Å². The molecule has 4 rings (SSSR count). The Morgan fingerprint density at radius 3 is 2.48 bits per heavy atom. The van der Waals surface area contributed by atoms with E-state index < -0.39 is 11.7 Å². The number of hydrogen-bond donors (Lipinski definition) is 1. The predicted molar refractivity (Wildman–Crippen MR) is 100 cm³/mol. The highest BCUT2D eigenvalue weighted by molar-refractivity contribution is 7.51. The van der Waals surface area contributed by atoms with Crippen molar-refractivity contribution in [3.63, 3.8) is 0 Å². The summed E-state index contributed by atoms with van der Waals surface area (Å²) < 4.78 is 38.2. The highest BCUT2D eigenvalue weighted by Gasteiger charge is 2.32. The van der Waals surface area contributed by atoms with Crippen LogP contribution in [0.3, 0.4) is 0 Å². The zero-order valence-electron chi connectivity index (χ0n) is 14.5. The van der Waals surface area contributed by atoms with Crippen LogP contribution in [-0.4, -0.2) is 47.7 Å². The van der Waals surface area contributed by atoms with E-state index in [0.29, 0.717) is 14.1 Å². The van der Waals surface area contributed by atoms with Crippen molar-refractivity contribution in [1.82, 2.24) is 15.1 Å². The molecular formula is C19H19F3N3OP. The number of alkyl halides is 3. The quantitative estimate of drug-likeness (QED) is 0.784. The molecule has 0 bridgehead atoms. The van der Waals surface area contributed by atoms with Gasteiger partial charge in [0.05, 0.1) is 17.0 Å². The normalized spacial score (nSPS) is 24.0. The van der Waals surface area contributed by atoms with E-state index in [9.17, 15) is 18.0 Å². The van der Waals surface area contributed by atoms with Crippen LogP contribution in [0.4, 0.5) is 13.2 Å². The second-order valence-corrected chi connectivity index (χ2v) is 8.04. The second-order valence-electron chi connectivity index (χ2n) is 6.62. The molecule has 0 saturated carbocycles. The number of hydrogen-bond acceptors (Lipinski definition) is 3. The smallest absolute Gasteiger partial charge is 0.368 e. The minimum absolute atomic E-state index is 0.0774. The van der Waals surface area contributed by atoms with Crippen molar-refractivity contribution in [1.29, 1.82) is 0 Å². The monoisotopic (exact) mass is 393 g/mol. The Morgan fingerprint density at radius 2 is 1.81 bits per heavy atom. The Bertz CT molecular complexity index is 824. The molecule has 4 nitrogen and oxygen atoms in total. The average Bonchev–Trinajstić information content (AvgIpc) is 2.68. The van der Waals surface area contributed by atoms with Crippen molar-refractivity contribution >= 4 is 19.8 Å². The van der Waals surface area contributed by atoms with Gasteiger partial charge in [-0.3, -0.25) is 4.79 Å². The highest BCUT2D eigenvalue weighted by Crippen LogP contribution is 2.45. The van der Waals surface area contributed by atoms with Crippen molar-refractivity contribution in [3.05, 3.63) is 65.5 Å². The number of nitrogens with zero attached hydrogens (tertiary/aromatic N) is 2. The van der Waals surface area contributed by atoms with Crippen molar-refractivity contribution in [3.8, 4) is 0 Å². The summed E-state index contributed by atoms with van der Waals surface area (Å²) in [5.74, 6) is -0.211. The average molecular weight is 393 g/mol. The van der Waals surface area contributed by atoms with Crippen LogP contribution in [0.5, 0.6) is 0 Å². The molecule has 142 valence electrons. The number of halogens is 3. The summed E-state index contributed by atoms with van der Waals surface area (Å²) in [5.41, 5.74) is 1.01. The molecule has 1 fully saturated rings. The zero-order valence-corrected chi connectivity index (χ0v) is 15.5. The first-order valence-electron chi connectivity index (χ1n) is 8.76. The van der Waals surface area contributed by atoms with Crippen LogP contribution >= 0.6 is 8.58 Å². The lowest BCUT2D eigenvalue weighted by molar-refractivity contribution is -0.137. The predicted octanol–water partition coefficient (Wildman–Crippen LogP) is 3.21. The number of allylic oxidation sites excluding steroid dienone is 1. The number of amides is 1. The van der Waals surface area contributed by atoms with Gasteiger partial charge in [0.2, 0.25) is 0 Å². The van der Waals surface area contributed by atoms with Gasteiger partial charge in [0.25, 0.3) is 5.91 Å². The van der Waals surface area contributed by atoms with Crippen LogP contribution in [0, 0.1) is 0 Å². The Hall–Kier alpha value is -2.11. The van der Waals surface area contributed by atoms with Crippen LogP contribution in [0.1, 0.15) is 11.1 Å². The van der Waals surface area contributed by atoms with E-state index >= 15 is 0 Å². The highest BCUT2D eigenvalue weighted by atomic mass is 31.1. The maximum absolute atomic E-state index is 12.7. The fourth-order valence-electron chi connectivity index (χ4n) is 3.38. The third kappa shape index (κ3) is 3.80. The molecule has 2 atom stereocenters. The van der Waals surface area contributed by atoms with E-state index in [1.807, 2.05) is 18.4 Å². The SMILES string of the molecule is O=C1C=C(c2ccc(C(F)(F)F)cc2)PC2C=CC(N3CCNCC3)=CN12. The molecule has 1 aromatic carbocycles. The first-order valence-corrected chi connectivity index (χ1v) is 9.83. The van der Waals surface area contributed by atoms with E-state index in [1.165, 1.54) is 12.1 Å². The molecule has 1 saturated heterocycles. The van der Waals surface area contributed by atoms with Crippen molar-refractivity contribution in [2.45, 2.75) is 12.0 Å². The van der Waals surface area contributed by atoms with Gasteiger partial charge < -0.3 is 15.1 Å². The number of nitrogens with one attached hydrogen (secondary N) is 1. The lowest BCUT2D eigenvalue weighted by Gasteiger charge is -2.37. The number of carbonyl (C=O) groups is 1. The summed E-state index contributed by atoms with van der Waals surface area (Å²) in [4.78, 5) is 16.6. The lowest BCUT2D eigenvalue weighted by atomic mass is 10.1. The topological polar surface area (TPSA) is 35.6 Å². The zero-order chi connectivity index (χ0) is 19.0. The van der Waals surface area contributed by atoms with E-state index in [1.54, 1.807) is 11.0 Å². The van der Waals surface area contributed by atoms with Gasteiger partial charge >= 0.3 is 6.18 Å². The standard InChI is InChI=1S/C19H19F3N3OP/c20-19(21,22)14-3-1-13(2-4-14)16-11-17(26)25-12-15(5-6-18(25)27-16)24-9-7-23-8-10-24/h1-6,11-12,18,23,27H,7-10H2. The molecule has 27 heavy (non-hydrogen) atoms. The van der Waals surface area contributed by atoms with Gasteiger partial charge in [-0.15, -0.1) is 0 Å². The number of piperazine rings is 1. The molecule has 2 unspecified atom stereocenters. The van der Waals surface area contributed by atoms with Crippen LogP contribution in [0.15, 0.2) is 54.4 Å². The van der Waals surface area contributed by atoms with Gasteiger partial charge in [-0.25, -0.2) is 0 Å². The minimum atomic E-state index is -4.36. The molecule has 3 aliphatic heterocycles. The van der Waals surface area contributed by atoms with E-state index in [-0.39, 0.29) is 11.7 Å². The third-order valence-corrected chi connectivity index (χ3v) is 6.36. The number of benzene rings is 1. The van der Waals surface area contributed by atoms with Gasteiger partial charge in [-0.1, -0.05) is 26.8 Å². The van der Waals surface area contributed by atoms with Crippen LogP contribution in [0.25, 0.3) is 5.31 Å². The minimum Gasteiger partial charge on any atom is -0.368 e. The molecule has 0 radical (unpaired) electrons. The van der Waals surface area contributed by atoms with E-state index in [2.05, 4.69) is 10.2 Å². The Kier molecular flexibility index (Phi) is 4.82. The Balaban J connectivity index is 1.54. The summed E-state index contributed by atoms with van der Waals surface area (Å²) in [6, 6.07) is 5.02. The summed E-state index contributed by atoms with van der Waals surface area (Å²) in [6.07, 6.45) is 3.15. The van der Waals surface area contributed by atoms with Crippen molar-refractivity contribution < 1.29 is 18.0 Å². The van der Waals surface area contributed by atoms with Crippen LogP contribution in [-0.2, 0) is 11.0 Å². The molecule has 1 N–H and O–H groups in total. The lowest BCUT2D eigenvalue weighted by Crippen LogP contribution is -2.44. The second kappa shape index (κ2) is 7.13. The van der Waals surface area contributed by atoms with Gasteiger partial charge in [0.1, 0.15) is 0 Å². The molecule has 0 aliphatic carbocycles. The molecule has 8 heteroatoms. The molecule has 0 spiro atoms. The Morgan fingerprint density at radius 1 is 1.11 bits per heavy atom. The van der Waals surface area contributed by atoms with E-state index in [0.717, 1.165) is 49.3 Å². The van der Waals surface area contributed by atoms with Gasteiger partial charge in [-0.05, 0) is 29.1 Å². The molecule has 3 heterocycles. The molecule has 0 aromatic heterocycles. The third-order valence-electron chi connectivity index (χ3n) is 4.85. The fourth-order valence-corrected chi connectivity index (χ4v) is 4.77. The summed E-state index contributed by atoms with van der Waals surface area (Å²) >= 11 is 0. The molecule has 1 aromatic rings. The first kappa shape index (κ1) is 18.3. The largest absolute Gasteiger partial charge is 0.416 e. The van der Waals surface area contributed by atoms with Gasteiger partial charge in [-0.2, -0.15) is 13.2 Å². The first-order chi connectivity index (χ1) is 12.9. The number of rotatable bonds is 2. The van der Waals surface area contributed by atoms with E-state index in [4.69, 9.17) is 0 Å². The molecule has 3 aliphatic rings. The number of carbonyl (C=O) groups excluding carboxylic acids is 1. The summed E-state index contributed by atoms with van der Waals surface area (Å²) in [7, 11) is 0.291. The summed E-state index contributed by atoms with van der Waals surface area (Å²) in [5, 5.41) is 4.09. The fraction of sp³-hybridized carbons (Fsp3) is 0.316. The van der Waals surface area contributed by atoms with Crippen LogP contribution < -0.4 is 5.32 Å². The van der Waals surface area contributed by atoms with Crippen molar-refractivity contribution in [2.75, 3.05) is 26.2 Å². The van der Waals surface area contributed by atoms with Gasteiger partial charge in [0.15, 0.2) is 0 Å².